The summed E-state index contributed by atoms with van der Waals surface area (Å²) in [7, 11) is 3.19. The summed E-state index contributed by atoms with van der Waals surface area (Å²) in [6.07, 6.45) is 3.26. The molecule has 2 aliphatic rings. The molecule has 134 valence electrons. The topological polar surface area (TPSA) is 62.9 Å². The summed E-state index contributed by atoms with van der Waals surface area (Å²) in [4.78, 5) is 32.5. The van der Waals surface area contributed by atoms with Crippen molar-refractivity contribution in [2.24, 2.45) is 4.99 Å². The molecule has 1 amide bonds. The minimum Gasteiger partial charge on any atom is -0.484 e. The second kappa shape index (κ2) is 6.28. The van der Waals surface area contributed by atoms with Crippen LogP contribution in [0.1, 0.15) is 40.0 Å². The molecule has 0 saturated carbocycles. The number of likely N-dealkylation sites (N-methyl/N-ethyl adjacent to an activating group) is 1. The van der Waals surface area contributed by atoms with Gasteiger partial charge in [-0.15, -0.1) is 0 Å². The van der Waals surface area contributed by atoms with Gasteiger partial charge in [0, 0.05) is 12.0 Å². The second-order valence-corrected chi connectivity index (χ2v) is 7.30. The molecule has 0 aliphatic carbocycles. The van der Waals surface area contributed by atoms with Crippen molar-refractivity contribution in [3.05, 3.63) is 46.7 Å². The molecule has 6 nitrogen and oxygen atoms in total. The van der Waals surface area contributed by atoms with E-state index in [1.165, 1.54) is 39.0 Å². The highest BCUT2D eigenvalue weighted by Gasteiger charge is 2.49. The summed E-state index contributed by atoms with van der Waals surface area (Å²) in [5.74, 6) is -1.92. The lowest BCUT2D eigenvalue weighted by atomic mass is 9.95. The third-order valence-electron chi connectivity index (χ3n) is 4.73. The first kappa shape index (κ1) is 16.8. The number of amides is 1. The number of aliphatic imine (C=N–C) groups is 1. The largest absolute Gasteiger partial charge is 0.484 e. The van der Waals surface area contributed by atoms with Crippen LogP contribution in [0.4, 0.5) is 9.52 Å². The summed E-state index contributed by atoms with van der Waals surface area (Å²) >= 11 is 1.35. The fourth-order valence-electron chi connectivity index (χ4n) is 3.34. The van der Waals surface area contributed by atoms with E-state index in [0.29, 0.717) is 11.0 Å². The molecule has 2 aromatic rings. The average Bonchev–Trinajstić information content (AvgIpc) is 3.28. The highest BCUT2D eigenvalue weighted by Crippen LogP contribution is 2.37. The first-order valence-corrected chi connectivity index (χ1v) is 9.05. The highest BCUT2D eigenvalue weighted by atomic mass is 32.1. The van der Waals surface area contributed by atoms with Crippen molar-refractivity contribution in [1.82, 2.24) is 0 Å². The van der Waals surface area contributed by atoms with Gasteiger partial charge in [0.25, 0.3) is 0 Å². The van der Waals surface area contributed by atoms with Crippen LogP contribution in [0, 0.1) is 5.82 Å². The zero-order valence-corrected chi connectivity index (χ0v) is 15.1. The van der Waals surface area contributed by atoms with E-state index in [4.69, 9.17) is 4.74 Å². The fourth-order valence-corrected chi connectivity index (χ4v) is 4.48. The SMILES string of the molecule is COC1=NC(c2c[n+]3c(s2)N(C)C(=O)C(c2ccccc2F)C3=O)CC1. The maximum Gasteiger partial charge on any atom is 0.351 e. The molecule has 0 saturated heterocycles. The third-order valence-corrected chi connectivity index (χ3v) is 6.00. The lowest BCUT2D eigenvalue weighted by molar-refractivity contribution is -0.558. The number of rotatable bonds is 2. The number of fused-ring (bicyclic) bond motifs is 1. The van der Waals surface area contributed by atoms with E-state index in [1.807, 2.05) is 0 Å². The van der Waals surface area contributed by atoms with Crippen molar-refractivity contribution in [3.63, 3.8) is 0 Å². The first-order chi connectivity index (χ1) is 12.5. The number of nitrogens with zero attached hydrogens (tertiary/aromatic N) is 3. The molecule has 0 spiro atoms. The molecular formula is C18H17FN3O3S+. The maximum absolute atomic E-state index is 14.2. The fraction of sp³-hybridized carbons (Fsp3) is 0.333. The number of hydrogen-bond donors (Lipinski definition) is 0. The van der Waals surface area contributed by atoms with Crippen LogP contribution in [0.5, 0.6) is 0 Å². The monoisotopic (exact) mass is 374 g/mol. The van der Waals surface area contributed by atoms with Crippen molar-refractivity contribution in [1.29, 1.82) is 0 Å². The molecule has 2 unspecified atom stereocenters. The number of hydrogen-bond acceptors (Lipinski definition) is 5. The van der Waals surface area contributed by atoms with Gasteiger partial charge in [-0.1, -0.05) is 18.2 Å². The molecule has 1 aromatic heterocycles. The molecule has 0 N–H and O–H groups in total. The zero-order chi connectivity index (χ0) is 18.4. The van der Waals surface area contributed by atoms with E-state index in [9.17, 15) is 14.0 Å². The summed E-state index contributed by atoms with van der Waals surface area (Å²) in [6, 6.07) is 5.81. The van der Waals surface area contributed by atoms with Gasteiger partial charge in [-0.05, 0) is 23.8 Å². The lowest BCUT2D eigenvalue weighted by Crippen LogP contribution is -2.57. The number of ether oxygens (including phenoxy) is 1. The predicted molar refractivity (Wildman–Crippen MR) is 94.1 cm³/mol. The van der Waals surface area contributed by atoms with Crippen molar-refractivity contribution in [3.8, 4) is 0 Å². The molecule has 0 radical (unpaired) electrons. The van der Waals surface area contributed by atoms with Crippen LogP contribution in [0.3, 0.4) is 0 Å². The first-order valence-electron chi connectivity index (χ1n) is 8.23. The molecule has 0 bridgehead atoms. The van der Waals surface area contributed by atoms with E-state index < -0.39 is 23.5 Å². The summed E-state index contributed by atoms with van der Waals surface area (Å²) in [5.41, 5.74) is 0.0980. The number of benzene rings is 1. The Labute approximate surface area is 153 Å². The van der Waals surface area contributed by atoms with Crippen molar-refractivity contribution >= 4 is 34.2 Å². The maximum atomic E-state index is 14.2. The van der Waals surface area contributed by atoms with Crippen molar-refractivity contribution in [2.45, 2.75) is 24.8 Å². The molecule has 4 rings (SSSR count). The number of aromatic nitrogens is 1. The van der Waals surface area contributed by atoms with Crippen LogP contribution in [0.15, 0.2) is 35.5 Å². The Morgan fingerprint density at radius 2 is 2.12 bits per heavy atom. The Morgan fingerprint density at radius 3 is 2.81 bits per heavy atom. The summed E-state index contributed by atoms with van der Waals surface area (Å²) in [5, 5.41) is 0.517. The van der Waals surface area contributed by atoms with E-state index in [-0.39, 0.29) is 11.6 Å². The van der Waals surface area contributed by atoms with E-state index >= 15 is 0 Å². The Morgan fingerprint density at radius 1 is 1.35 bits per heavy atom. The molecular weight excluding hydrogens is 357 g/mol. The second-order valence-electron chi connectivity index (χ2n) is 6.26. The minimum absolute atomic E-state index is 0.0868. The summed E-state index contributed by atoms with van der Waals surface area (Å²) < 4.78 is 20.8. The Bertz CT molecular complexity index is 940. The normalized spacial score (nSPS) is 22.4. The molecule has 2 atom stereocenters. The van der Waals surface area contributed by atoms with Gasteiger partial charge in [0.15, 0.2) is 11.8 Å². The molecule has 0 fully saturated rings. The number of carbonyl (C=O) groups is 2. The van der Waals surface area contributed by atoms with Gasteiger partial charge in [0.2, 0.25) is 0 Å². The van der Waals surface area contributed by atoms with Gasteiger partial charge < -0.3 is 4.74 Å². The number of carbonyl (C=O) groups excluding carboxylic acids is 2. The van der Waals surface area contributed by atoms with Gasteiger partial charge in [-0.25, -0.2) is 19.0 Å². The standard InChI is InChI=1S/C18H17FN3O3S/c1-21-16(23)15(10-5-3-4-6-11(10)19)17(24)22-9-13(26-18(21)22)12-7-8-14(20-12)25-2/h3-6,9,12,15H,7-8H2,1-2H3/q+1. The van der Waals surface area contributed by atoms with Crippen LogP contribution in [-0.4, -0.2) is 31.9 Å². The smallest absolute Gasteiger partial charge is 0.351 e. The van der Waals surface area contributed by atoms with E-state index in [1.54, 1.807) is 26.4 Å². The average molecular weight is 374 g/mol. The van der Waals surface area contributed by atoms with Gasteiger partial charge >= 0.3 is 16.9 Å². The van der Waals surface area contributed by atoms with Crippen LogP contribution in [0.2, 0.25) is 0 Å². The van der Waals surface area contributed by atoms with Gasteiger partial charge in [0.05, 0.1) is 25.1 Å². The van der Waals surface area contributed by atoms with Crippen LogP contribution >= 0.6 is 11.3 Å². The number of thiazole rings is 1. The number of methoxy groups -OCH3 is 1. The summed E-state index contributed by atoms with van der Waals surface area (Å²) in [6.45, 7) is 0. The van der Waals surface area contributed by atoms with Gasteiger partial charge in [0.1, 0.15) is 12.0 Å². The van der Waals surface area contributed by atoms with Gasteiger partial charge in [-0.3, -0.25) is 0 Å². The van der Waals surface area contributed by atoms with Crippen molar-refractivity contribution < 1.29 is 23.3 Å². The number of anilines is 1. The molecule has 1 aromatic carbocycles. The number of halogens is 1. The van der Waals surface area contributed by atoms with Crippen LogP contribution < -0.4 is 9.47 Å². The molecule has 8 heteroatoms. The highest BCUT2D eigenvalue weighted by molar-refractivity contribution is 7.15. The van der Waals surface area contributed by atoms with Gasteiger partial charge in [-0.2, -0.15) is 9.47 Å². The Balaban J connectivity index is 1.75. The minimum atomic E-state index is -1.18. The zero-order valence-electron chi connectivity index (χ0n) is 14.3. The van der Waals surface area contributed by atoms with E-state index in [0.717, 1.165) is 17.7 Å². The molecule has 3 heterocycles. The third kappa shape index (κ3) is 2.52. The van der Waals surface area contributed by atoms with Crippen LogP contribution in [-0.2, 0) is 9.53 Å². The molecule has 2 aliphatic heterocycles. The predicted octanol–water partition coefficient (Wildman–Crippen LogP) is 2.45. The Hall–Kier alpha value is -2.61. The Kier molecular flexibility index (Phi) is 4.07. The lowest BCUT2D eigenvalue weighted by Gasteiger charge is -2.21. The van der Waals surface area contributed by atoms with E-state index in [2.05, 4.69) is 4.99 Å². The van der Waals surface area contributed by atoms with Crippen molar-refractivity contribution in [2.75, 3.05) is 19.1 Å². The molecule has 26 heavy (non-hydrogen) atoms. The van der Waals surface area contributed by atoms with Crippen LogP contribution in [0.25, 0.3) is 0 Å². The quantitative estimate of drug-likeness (QED) is 0.599.